The molecule has 21 heavy (non-hydrogen) atoms. The van der Waals surface area contributed by atoms with E-state index in [4.69, 9.17) is 0 Å². The van der Waals surface area contributed by atoms with Gasteiger partial charge in [0.15, 0.2) is 0 Å². The number of rotatable bonds is 9. The Morgan fingerprint density at radius 2 is 2.00 bits per heavy atom. The molecule has 0 saturated heterocycles. The van der Waals surface area contributed by atoms with Crippen LogP contribution >= 0.6 is 0 Å². The number of nitrogens with zero attached hydrogens (tertiary/aromatic N) is 2. The second-order valence-electron chi connectivity index (χ2n) is 5.37. The Kier molecular flexibility index (Phi) is 7.80. The summed E-state index contributed by atoms with van der Waals surface area (Å²) in [6, 6.07) is 1.88. The van der Waals surface area contributed by atoms with Gasteiger partial charge < -0.3 is 10.2 Å². The van der Waals surface area contributed by atoms with Crippen LogP contribution < -0.4 is 5.32 Å². The van der Waals surface area contributed by atoms with Crippen LogP contribution in [0.25, 0.3) is 0 Å². The first-order chi connectivity index (χ1) is 10.2. The van der Waals surface area contributed by atoms with Gasteiger partial charge in [-0.05, 0) is 25.3 Å². The lowest BCUT2D eigenvalue weighted by Gasteiger charge is -2.26. The first-order valence-electron chi connectivity index (χ1n) is 8.14. The Morgan fingerprint density at radius 3 is 2.57 bits per heavy atom. The summed E-state index contributed by atoms with van der Waals surface area (Å²) in [5.41, 5.74) is 1.57. The van der Waals surface area contributed by atoms with Crippen LogP contribution in [-0.4, -0.2) is 35.4 Å². The van der Waals surface area contributed by atoms with E-state index in [1.807, 2.05) is 17.9 Å². The molecular formula is C17H29N3O. The molecule has 0 aliphatic heterocycles. The topological polar surface area (TPSA) is 45.2 Å². The Morgan fingerprint density at radius 1 is 1.29 bits per heavy atom. The van der Waals surface area contributed by atoms with Gasteiger partial charge in [-0.1, -0.05) is 33.6 Å². The highest BCUT2D eigenvalue weighted by molar-refractivity contribution is 5.99. The molecular weight excluding hydrogens is 262 g/mol. The Hall–Kier alpha value is -1.58. The molecule has 0 atom stereocenters. The van der Waals surface area contributed by atoms with Crippen molar-refractivity contribution in [1.29, 1.82) is 0 Å². The van der Waals surface area contributed by atoms with Crippen molar-refractivity contribution in [2.75, 3.05) is 25.0 Å². The van der Waals surface area contributed by atoms with E-state index in [-0.39, 0.29) is 5.91 Å². The zero-order chi connectivity index (χ0) is 15.7. The molecule has 4 heteroatoms. The molecule has 118 valence electrons. The molecule has 0 saturated carbocycles. The van der Waals surface area contributed by atoms with E-state index in [0.29, 0.717) is 11.5 Å². The fraction of sp³-hybridized carbons (Fsp3) is 0.647. The number of anilines is 1. The highest BCUT2D eigenvalue weighted by Crippen LogP contribution is 2.18. The molecule has 0 aliphatic carbocycles. The van der Waals surface area contributed by atoms with Crippen LogP contribution in [0, 0.1) is 5.92 Å². The molecule has 0 fully saturated rings. The number of amides is 1. The normalized spacial score (nSPS) is 10.7. The number of carbonyl (C=O) groups is 1. The summed E-state index contributed by atoms with van der Waals surface area (Å²) >= 11 is 0. The highest BCUT2D eigenvalue weighted by Gasteiger charge is 2.20. The van der Waals surface area contributed by atoms with Crippen molar-refractivity contribution < 1.29 is 4.79 Å². The van der Waals surface area contributed by atoms with Crippen molar-refractivity contribution in [2.24, 2.45) is 5.92 Å². The van der Waals surface area contributed by atoms with E-state index >= 15 is 0 Å². The Bertz CT molecular complexity index is 430. The van der Waals surface area contributed by atoms with Crippen molar-refractivity contribution >= 4 is 11.6 Å². The van der Waals surface area contributed by atoms with Gasteiger partial charge in [-0.2, -0.15) is 0 Å². The van der Waals surface area contributed by atoms with E-state index in [2.05, 4.69) is 31.1 Å². The number of hydrogen-bond acceptors (Lipinski definition) is 3. The van der Waals surface area contributed by atoms with Gasteiger partial charge in [-0.3, -0.25) is 9.78 Å². The number of nitrogens with one attached hydrogen (secondary N) is 1. The third kappa shape index (κ3) is 5.03. The molecule has 1 N–H and O–H groups in total. The lowest BCUT2D eigenvalue weighted by Crippen LogP contribution is -2.35. The van der Waals surface area contributed by atoms with Gasteiger partial charge in [0.25, 0.3) is 5.91 Å². The minimum atomic E-state index is 0.0797. The Labute approximate surface area is 129 Å². The standard InChI is InChI=1S/C17H29N3O/c1-5-10-19-16-9-11-18-12-15(16)17(21)20(8-4)13-14(6-2)7-3/h9,11-12,14H,5-8,10,13H2,1-4H3,(H,18,19). The van der Waals surface area contributed by atoms with E-state index in [0.717, 1.165) is 44.6 Å². The second-order valence-corrected chi connectivity index (χ2v) is 5.37. The SMILES string of the molecule is CCCNc1ccncc1C(=O)N(CC)CC(CC)CC. The van der Waals surface area contributed by atoms with Gasteiger partial charge in [-0.15, -0.1) is 0 Å². The molecule has 1 aromatic heterocycles. The fourth-order valence-corrected chi connectivity index (χ4v) is 2.36. The van der Waals surface area contributed by atoms with E-state index < -0.39 is 0 Å². The van der Waals surface area contributed by atoms with Crippen LogP contribution in [0.4, 0.5) is 5.69 Å². The average Bonchev–Trinajstić information content (AvgIpc) is 2.54. The zero-order valence-electron chi connectivity index (χ0n) is 13.9. The van der Waals surface area contributed by atoms with Crippen LogP contribution in [0.3, 0.4) is 0 Å². The maximum atomic E-state index is 12.8. The minimum absolute atomic E-state index is 0.0797. The van der Waals surface area contributed by atoms with Gasteiger partial charge in [0, 0.05) is 32.0 Å². The minimum Gasteiger partial charge on any atom is -0.384 e. The number of pyridine rings is 1. The van der Waals surface area contributed by atoms with Gasteiger partial charge in [0.2, 0.25) is 0 Å². The predicted molar refractivity (Wildman–Crippen MR) is 88.7 cm³/mol. The molecule has 0 spiro atoms. The summed E-state index contributed by atoms with van der Waals surface area (Å²) in [5.74, 6) is 0.647. The molecule has 0 aliphatic rings. The average molecular weight is 291 g/mol. The number of aromatic nitrogens is 1. The van der Waals surface area contributed by atoms with Crippen LogP contribution in [0.2, 0.25) is 0 Å². The highest BCUT2D eigenvalue weighted by atomic mass is 16.2. The molecule has 0 radical (unpaired) electrons. The van der Waals surface area contributed by atoms with E-state index in [9.17, 15) is 4.79 Å². The Balaban J connectivity index is 2.89. The lowest BCUT2D eigenvalue weighted by molar-refractivity contribution is 0.0735. The van der Waals surface area contributed by atoms with Crippen LogP contribution in [0.1, 0.15) is 57.3 Å². The third-order valence-corrected chi connectivity index (χ3v) is 3.92. The van der Waals surface area contributed by atoms with Gasteiger partial charge in [0.05, 0.1) is 11.3 Å². The summed E-state index contributed by atoms with van der Waals surface area (Å²) < 4.78 is 0. The smallest absolute Gasteiger partial charge is 0.257 e. The maximum Gasteiger partial charge on any atom is 0.257 e. The molecule has 0 aromatic carbocycles. The molecule has 1 aromatic rings. The van der Waals surface area contributed by atoms with Gasteiger partial charge in [-0.25, -0.2) is 0 Å². The predicted octanol–water partition coefficient (Wildman–Crippen LogP) is 3.80. The van der Waals surface area contributed by atoms with E-state index in [1.165, 1.54) is 0 Å². The molecule has 1 heterocycles. The zero-order valence-corrected chi connectivity index (χ0v) is 13.9. The first kappa shape index (κ1) is 17.5. The maximum absolute atomic E-state index is 12.8. The van der Waals surface area contributed by atoms with Crippen LogP contribution in [-0.2, 0) is 0 Å². The molecule has 0 unspecified atom stereocenters. The first-order valence-corrected chi connectivity index (χ1v) is 8.14. The van der Waals surface area contributed by atoms with Crippen molar-refractivity contribution in [1.82, 2.24) is 9.88 Å². The van der Waals surface area contributed by atoms with Crippen LogP contribution in [0.15, 0.2) is 18.5 Å². The molecule has 0 bridgehead atoms. The monoisotopic (exact) mass is 291 g/mol. The largest absolute Gasteiger partial charge is 0.384 e. The molecule has 1 amide bonds. The fourth-order valence-electron chi connectivity index (χ4n) is 2.36. The lowest BCUT2D eigenvalue weighted by atomic mass is 10.0. The van der Waals surface area contributed by atoms with Gasteiger partial charge in [0.1, 0.15) is 0 Å². The van der Waals surface area contributed by atoms with Gasteiger partial charge >= 0.3 is 0 Å². The summed E-state index contributed by atoms with van der Waals surface area (Å²) in [6.45, 7) is 10.9. The van der Waals surface area contributed by atoms with Crippen molar-refractivity contribution in [3.05, 3.63) is 24.0 Å². The number of hydrogen-bond donors (Lipinski definition) is 1. The van der Waals surface area contributed by atoms with Crippen molar-refractivity contribution in [3.8, 4) is 0 Å². The molecule has 1 rings (SSSR count). The summed E-state index contributed by atoms with van der Waals surface area (Å²) in [4.78, 5) is 18.8. The third-order valence-electron chi connectivity index (χ3n) is 3.92. The summed E-state index contributed by atoms with van der Waals surface area (Å²) in [5, 5.41) is 3.32. The summed E-state index contributed by atoms with van der Waals surface area (Å²) in [6.07, 6.45) is 6.64. The second kappa shape index (κ2) is 9.37. The van der Waals surface area contributed by atoms with Crippen LogP contribution in [0.5, 0.6) is 0 Å². The van der Waals surface area contributed by atoms with Crippen molar-refractivity contribution in [3.63, 3.8) is 0 Å². The molecule has 4 nitrogen and oxygen atoms in total. The van der Waals surface area contributed by atoms with Crippen molar-refractivity contribution in [2.45, 2.75) is 47.0 Å². The van der Waals surface area contributed by atoms with E-state index in [1.54, 1.807) is 12.4 Å². The quantitative estimate of drug-likeness (QED) is 0.752. The number of carbonyl (C=O) groups excluding carboxylic acids is 1. The summed E-state index contributed by atoms with van der Waals surface area (Å²) in [7, 11) is 0.